The minimum Gasteiger partial charge on any atom is -0.377 e. The first-order valence-corrected chi connectivity index (χ1v) is 12.3. The SMILES string of the molecule is CC(C)OCCNC(=O)c1nc(NC[C@@H]2CCCO2)c(C(=O)NCc2ccc3nccn3c2)s1. The standard InChI is InChI=1S/C23H30N6O4S/c1-15(2)32-11-8-25-22(31)23-28-20(26-13-17-4-3-10-33-17)19(34-23)21(30)27-12-16-5-6-18-24-7-9-29(18)14-16/h5-7,9,14-15,17,26H,3-4,8,10-13H2,1-2H3,(H,25,31)(H,27,30)/t17-/m0/s1. The molecule has 3 N–H and O–H groups in total. The molecule has 10 nitrogen and oxygen atoms in total. The number of imidazole rings is 1. The number of aromatic nitrogens is 3. The number of carbonyl (C=O) groups is 2. The summed E-state index contributed by atoms with van der Waals surface area (Å²) in [6.45, 7) is 6.26. The van der Waals surface area contributed by atoms with E-state index < -0.39 is 0 Å². The number of fused-ring (bicyclic) bond motifs is 1. The molecule has 4 rings (SSSR count). The molecule has 1 aliphatic heterocycles. The molecule has 2 amide bonds. The number of carbonyl (C=O) groups excluding carboxylic acids is 2. The van der Waals surface area contributed by atoms with Crippen LogP contribution in [0.4, 0.5) is 5.82 Å². The largest absolute Gasteiger partial charge is 0.377 e. The van der Waals surface area contributed by atoms with E-state index in [4.69, 9.17) is 9.47 Å². The fraction of sp³-hybridized carbons (Fsp3) is 0.478. The van der Waals surface area contributed by atoms with E-state index in [1.165, 1.54) is 0 Å². The molecular weight excluding hydrogens is 456 g/mol. The molecule has 0 unspecified atom stereocenters. The summed E-state index contributed by atoms with van der Waals surface area (Å²) < 4.78 is 13.0. The molecule has 0 bridgehead atoms. The second-order valence-corrected chi connectivity index (χ2v) is 9.30. The van der Waals surface area contributed by atoms with Gasteiger partial charge in [0.1, 0.15) is 10.5 Å². The molecule has 0 spiro atoms. The molecule has 1 atom stereocenters. The summed E-state index contributed by atoms with van der Waals surface area (Å²) in [5, 5.41) is 9.16. The van der Waals surface area contributed by atoms with Gasteiger partial charge in [0.2, 0.25) is 0 Å². The number of amides is 2. The van der Waals surface area contributed by atoms with Gasteiger partial charge in [-0.1, -0.05) is 6.07 Å². The predicted molar refractivity (Wildman–Crippen MR) is 129 cm³/mol. The maximum absolute atomic E-state index is 13.0. The van der Waals surface area contributed by atoms with Crippen molar-refractivity contribution in [3.8, 4) is 0 Å². The Labute approximate surface area is 202 Å². The molecule has 0 aromatic carbocycles. The van der Waals surface area contributed by atoms with Crippen LogP contribution in [0.5, 0.6) is 0 Å². The Balaban J connectivity index is 1.42. The summed E-state index contributed by atoms with van der Waals surface area (Å²) in [6.07, 6.45) is 7.64. The number of rotatable bonds is 11. The van der Waals surface area contributed by atoms with Crippen LogP contribution in [0, 0.1) is 0 Å². The van der Waals surface area contributed by atoms with E-state index in [1.807, 2.05) is 42.8 Å². The Hall–Kier alpha value is -3.02. The average molecular weight is 487 g/mol. The molecule has 3 aromatic rings. The fourth-order valence-corrected chi connectivity index (χ4v) is 4.45. The highest BCUT2D eigenvalue weighted by Crippen LogP contribution is 2.24. The Bertz CT molecular complexity index is 1120. The van der Waals surface area contributed by atoms with Crippen molar-refractivity contribution in [1.82, 2.24) is 25.0 Å². The van der Waals surface area contributed by atoms with E-state index >= 15 is 0 Å². The van der Waals surface area contributed by atoms with Crippen molar-refractivity contribution in [2.24, 2.45) is 0 Å². The van der Waals surface area contributed by atoms with Crippen LogP contribution in [0.3, 0.4) is 0 Å². The number of hydrogen-bond acceptors (Lipinski definition) is 8. The zero-order chi connectivity index (χ0) is 23.9. The molecular formula is C23H30N6O4S. The highest BCUT2D eigenvalue weighted by Gasteiger charge is 2.23. The van der Waals surface area contributed by atoms with Gasteiger partial charge in [0.15, 0.2) is 10.8 Å². The van der Waals surface area contributed by atoms with Gasteiger partial charge in [0.25, 0.3) is 11.8 Å². The lowest BCUT2D eigenvalue weighted by Gasteiger charge is -2.11. The van der Waals surface area contributed by atoms with Crippen LogP contribution in [0.15, 0.2) is 30.7 Å². The molecule has 11 heteroatoms. The lowest BCUT2D eigenvalue weighted by Crippen LogP contribution is -2.28. The van der Waals surface area contributed by atoms with Gasteiger partial charge < -0.3 is 29.8 Å². The van der Waals surface area contributed by atoms with Gasteiger partial charge in [-0.15, -0.1) is 11.3 Å². The Morgan fingerprint density at radius 3 is 2.97 bits per heavy atom. The zero-order valence-corrected chi connectivity index (χ0v) is 20.2. The fourth-order valence-electron chi connectivity index (χ4n) is 3.57. The van der Waals surface area contributed by atoms with E-state index in [9.17, 15) is 9.59 Å². The van der Waals surface area contributed by atoms with Gasteiger partial charge in [-0.05, 0) is 38.3 Å². The first-order valence-electron chi connectivity index (χ1n) is 11.5. The molecule has 0 saturated carbocycles. The molecule has 0 radical (unpaired) electrons. The summed E-state index contributed by atoms with van der Waals surface area (Å²) in [5.41, 5.74) is 1.77. The molecule has 1 aliphatic rings. The third-order valence-electron chi connectivity index (χ3n) is 5.29. The van der Waals surface area contributed by atoms with Gasteiger partial charge in [-0.25, -0.2) is 9.97 Å². The van der Waals surface area contributed by atoms with Crippen LogP contribution in [0.25, 0.3) is 5.65 Å². The number of ether oxygens (including phenoxy) is 2. The highest BCUT2D eigenvalue weighted by atomic mass is 32.1. The minimum absolute atomic E-state index is 0.0741. The predicted octanol–water partition coefficient (Wildman–Crippen LogP) is 2.47. The quantitative estimate of drug-likeness (QED) is 0.356. The number of hydrogen-bond donors (Lipinski definition) is 3. The summed E-state index contributed by atoms with van der Waals surface area (Å²) in [7, 11) is 0. The molecule has 4 heterocycles. The molecule has 34 heavy (non-hydrogen) atoms. The monoisotopic (exact) mass is 486 g/mol. The van der Waals surface area contributed by atoms with Crippen molar-refractivity contribution in [2.75, 3.05) is 31.6 Å². The van der Waals surface area contributed by atoms with Crippen molar-refractivity contribution >= 4 is 34.6 Å². The van der Waals surface area contributed by atoms with Crippen molar-refractivity contribution in [2.45, 2.75) is 45.4 Å². The number of anilines is 1. The number of nitrogens with one attached hydrogen (secondary N) is 3. The third kappa shape index (κ3) is 6.31. The first kappa shape index (κ1) is 24.1. The van der Waals surface area contributed by atoms with E-state index in [1.54, 1.807) is 6.20 Å². The van der Waals surface area contributed by atoms with Gasteiger partial charge in [-0.3, -0.25) is 9.59 Å². The summed E-state index contributed by atoms with van der Waals surface area (Å²) in [6, 6.07) is 3.82. The van der Waals surface area contributed by atoms with Crippen LogP contribution in [0.1, 0.15) is 51.7 Å². The van der Waals surface area contributed by atoms with E-state index in [0.29, 0.717) is 36.9 Å². The smallest absolute Gasteiger partial charge is 0.280 e. The van der Waals surface area contributed by atoms with Gasteiger partial charge >= 0.3 is 0 Å². The van der Waals surface area contributed by atoms with E-state index in [2.05, 4.69) is 25.9 Å². The van der Waals surface area contributed by atoms with Crippen LogP contribution >= 0.6 is 11.3 Å². The van der Waals surface area contributed by atoms with Crippen LogP contribution in [0.2, 0.25) is 0 Å². The number of nitrogens with zero attached hydrogens (tertiary/aromatic N) is 3. The van der Waals surface area contributed by atoms with E-state index in [-0.39, 0.29) is 29.0 Å². The lowest BCUT2D eigenvalue weighted by molar-refractivity contribution is 0.0746. The van der Waals surface area contributed by atoms with Crippen molar-refractivity contribution in [3.63, 3.8) is 0 Å². The number of pyridine rings is 1. The second-order valence-electron chi connectivity index (χ2n) is 8.30. The van der Waals surface area contributed by atoms with Crippen LogP contribution < -0.4 is 16.0 Å². The number of thiazole rings is 1. The third-order valence-corrected chi connectivity index (χ3v) is 6.34. The zero-order valence-electron chi connectivity index (χ0n) is 19.4. The molecule has 0 aliphatic carbocycles. The van der Waals surface area contributed by atoms with Gasteiger partial charge in [0, 0.05) is 44.8 Å². The Morgan fingerprint density at radius 1 is 1.29 bits per heavy atom. The maximum atomic E-state index is 13.0. The summed E-state index contributed by atoms with van der Waals surface area (Å²) in [4.78, 5) is 34.7. The molecule has 3 aromatic heterocycles. The summed E-state index contributed by atoms with van der Waals surface area (Å²) in [5.74, 6) is -0.228. The molecule has 1 fully saturated rings. The van der Waals surface area contributed by atoms with Crippen LogP contribution in [-0.2, 0) is 16.0 Å². The minimum atomic E-state index is -0.331. The topological polar surface area (TPSA) is 119 Å². The average Bonchev–Trinajstić information content (AvgIpc) is 3.58. The van der Waals surface area contributed by atoms with Crippen molar-refractivity contribution in [3.05, 3.63) is 46.2 Å². The summed E-state index contributed by atoms with van der Waals surface area (Å²) >= 11 is 1.07. The maximum Gasteiger partial charge on any atom is 0.280 e. The Kier molecular flexibility index (Phi) is 8.09. The second kappa shape index (κ2) is 11.4. The molecule has 182 valence electrons. The highest BCUT2D eigenvalue weighted by molar-refractivity contribution is 7.16. The Morgan fingerprint density at radius 2 is 2.18 bits per heavy atom. The van der Waals surface area contributed by atoms with E-state index in [0.717, 1.165) is 42.0 Å². The van der Waals surface area contributed by atoms with Crippen LogP contribution in [-0.4, -0.2) is 64.7 Å². The van der Waals surface area contributed by atoms with Gasteiger partial charge in [0.05, 0.1) is 18.8 Å². The van der Waals surface area contributed by atoms with Crippen molar-refractivity contribution < 1.29 is 19.1 Å². The normalized spacial score (nSPS) is 15.7. The first-order chi connectivity index (χ1) is 16.5. The van der Waals surface area contributed by atoms with Crippen molar-refractivity contribution in [1.29, 1.82) is 0 Å². The molecule has 1 saturated heterocycles. The van der Waals surface area contributed by atoms with Gasteiger partial charge in [-0.2, -0.15) is 0 Å². The lowest BCUT2D eigenvalue weighted by atomic mass is 10.2.